The molecule has 1 aromatic carbocycles. The molecule has 74 valence electrons. The van der Waals surface area contributed by atoms with Gasteiger partial charge in [0.05, 0.1) is 4.92 Å². The average molecular weight is 214 g/mol. The van der Waals surface area contributed by atoms with Crippen molar-refractivity contribution < 1.29 is 10.0 Å². The van der Waals surface area contributed by atoms with E-state index in [9.17, 15) is 15.2 Å². The van der Waals surface area contributed by atoms with Gasteiger partial charge in [0.1, 0.15) is 0 Å². The molecule has 0 aromatic heterocycles. The Morgan fingerprint density at radius 1 is 1.57 bits per heavy atom. The normalized spacial score (nSPS) is 10.7. The van der Waals surface area contributed by atoms with Crippen LogP contribution in [0.3, 0.4) is 0 Å². The highest BCUT2D eigenvalue weighted by atomic mass is 35.5. The zero-order valence-electron chi connectivity index (χ0n) is 7.40. The fourth-order valence-corrected chi connectivity index (χ4v) is 1.27. The molecule has 0 saturated carbocycles. The van der Waals surface area contributed by atoms with Crippen molar-refractivity contribution >= 4 is 23.4 Å². The van der Waals surface area contributed by atoms with Crippen LogP contribution in [0.4, 0.5) is 5.69 Å². The first kappa shape index (κ1) is 10.5. The lowest BCUT2D eigenvalue weighted by Gasteiger charge is -2.01. The molecule has 0 unspecified atom stereocenters. The highest BCUT2D eigenvalue weighted by Gasteiger charge is 2.16. The lowest BCUT2D eigenvalue weighted by molar-refractivity contribution is -0.385. The van der Waals surface area contributed by atoms with Gasteiger partial charge in [0.15, 0.2) is 0 Å². The molecule has 0 amide bonds. The molecule has 5 heteroatoms. The summed E-state index contributed by atoms with van der Waals surface area (Å²) in [5.74, 6) is -0.363. The molecule has 0 radical (unpaired) electrons. The van der Waals surface area contributed by atoms with E-state index in [1.165, 1.54) is 6.07 Å². The number of rotatable bonds is 2. The molecule has 0 saturated heterocycles. The van der Waals surface area contributed by atoms with E-state index in [-0.39, 0.29) is 16.5 Å². The smallest absolute Gasteiger partial charge is 0.312 e. The van der Waals surface area contributed by atoms with Gasteiger partial charge in [-0.25, -0.2) is 0 Å². The molecule has 4 nitrogen and oxygen atoms in total. The van der Waals surface area contributed by atoms with Crippen LogP contribution in [0, 0.1) is 10.1 Å². The summed E-state index contributed by atoms with van der Waals surface area (Å²) in [6.07, 6.45) is 3.21. The van der Waals surface area contributed by atoms with E-state index >= 15 is 0 Å². The Morgan fingerprint density at radius 3 is 2.71 bits per heavy atom. The SMILES string of the molecule is CC=Cc1cc(Cl)cc([N+](=O)[O-])c1O. The van der Waals surface area contributed by atoms with Gasteiger partial charge >= 0.3 is 5.69 Å². The Labute approximate surface area is 85.6 Å². The number of nitro groups is 1. The summed E-state index contributed by atoms with van der Waals surface area (Å²) >= 11 is 5.65. The van der Waals surface area contributed by atoms with Crippen molar-refractivity contribution in [2.24, 2.45) is 0 Å². The van der Waals surface area contributed by atoms with Crippen molar-refractivity contribution in [3.05, 3.63) is 38.9 Å². The number of nitro benzene ring substituents is 1. The maximum Gasteiger partial charge on any atom is 0.312 e. The predicted octanol–water partition coefficient (Wildman–Crippen LogP) is 2.99. The quantitative estimate of drug-likeness (QED) is 0.607. The summed E-state index contributed by atoms with van der Waals surface area (Å²) in [7, 11) is 0. The van der Waals surface area contributed by atoms with Gasteiger partial charge in [0, 0.05) is 16.7 Å². The Bertz CT molecular complexity index is 401. The predicted molar refractivity (Wildman–Crippen MR) is 54.5 cm³/mol. The van der Waals surface area contributed by atoms with Gasteiger partial charge < -0.3 is 5.11 Å². The second kappa shape index (κ2) is 4.11. The topological polar surface area (TPSA) is 63.4 Å². The van der Waals surface area contributed by atoms with E-state index in [1.807, 2.05) is 0 Å². The van der Waals surface area contributed by atoms with Gasteiger partial charge in [-0.05, 0) is 13.0 Å². The van der Waals surface area contributed by atoms with Crippen molar-refractivity contribution in [1.82, 2.24) is 0 Å². The van der Waals surface area contributed by atoms with Crippen molar-refractivity contribution in [3.63, 3.8) is 0 Å². The Hall–Kier alpha value is -1.55. The van der Waals surface area contributed by atoms with E-state index < -0.39 is 4.92 Å². The monoisotopic (exact) mass is 213 g/mol. The van der Waals surface area contributed by atoms with Crippen LogP contribution in [0.2, 0.25) is 5.02 Å². The molecule has 1 aromatic rings. The van der Waals surface area contributed by atoms with E-state index in [0.717, 1.165) is 6.07 Å². The maximum absolute atomic E-state index is 10.5. The molecule has 1 rings (SSSR count). The number of phenols is 1. The highest BCUT2D eigenvalue weighted by Crippen LogP contribution is 2.33. The lowest BCUT2D eigenvalue weighted by Crippen LogP contribution is -1.90. The third-order valence-electron chi connectivity index (χ3n) is 1.63. The molecule has 0 aliphatic carbocycles. The van der Waals surface area contributed by atoms with Crippen LogP contribution < -0.4 is 0 Å². The average Bonchev–Trinajstić information content (AvgIpc) is 2.10. The van der Waals surface area contributed by atoms with E-state index in [0.29, 0.717) is 5.56 Å². The third kappa shape index (κ3) is 2.03. The molecule has 14 heavy (non-hydrogen) atoms. The van der Waals surface area contributed by atoms with Gasteiger partial charge in [0.25, 0.3) is 0 Å². The zero-order chi connectivity index (χ0) is 10.7. The third-order valence-corrected chi connectivity index (χ3v) is 1.85. The van der Waals surface area contributed by atoms with E-state index in [2.05, 4.69) is 0 Å². The Morgan fingerprint density at radius 2 is 2.21 bits per heavy atom. The number of aromatic hydroxyl groups is 1. The van der Waals surface area contributed by atoms with Crippen molar-refractivity contribution in [1.29, 1.82) is 0 Å². The molecule has 0 aliphatic rings. The highest BCUT2D eigenvalue weighted by molar-refractivity contribution is 6.31. The first-order chi connectivity index (χ1) is 6.56. The van der Waals surface area contributed by atoms with Gasteiger partial charge in [-0.1, -0.05) is 23.8 Å². The number of benzene rings is 1. The summed E-state index contributed by atoms with van der Waals surface area (Å²) in [5, 5.41) is 20.2. The van der Waals surface area contributed by atoms with Crippen LogP contribution in [0.5, 0.6) is 5.75 Å². The van der Waals surface area contributed by atoms with Crippen molar-refractivity contribution in [3.8, 4) is 5.75 Å². The molecule has 0 spiro atoms. The number of hydrogen-bond acceptors (Lipinski definition) is 3. The minimum atomic E-state index is -0.672. The van der Waals surface area contributed by atoms with Crippen LogP contribution in [-0.4, -0.2) is 10.0 Å². The van der Waals surface area contributed by atoms with Crippen molar-refractivity contribution in [2.75, 3.05) is 0 Å². The summed E-state index contributed by atoms with van der Waals surface area (Å²) in [6, 6.07) is 2.58. The van der Waals surface area contributed by atoms with Crippen LogP contribution in [-0.2, 0) is 0 Å². The fraction of sp³-hybridized carbons (Fsp3) is 0.111. The molecule has 0 aliphatic heterocycles. The zero-order valence-corrected chi connectivity index (χ0v) is 8.15. The second-order valence-corrected chi connectivity index (χ2v) is 3.06. The van der Waals surface area contributed by atoms with Crippen LogP contribution in [0.25, 0.3) is 6.08 Å². The molecular formula is C9H8ClNO3. The summed E-state index contributed by atoms with van der Waals surface area (Å²) in [5.41, 5.74) is -0.0442. The minimum absolute atomic E-state index is 0.225. The number of phenolic OH excluding ortho intramolecular Hbond substituents is 1. The summed E-state index contributed by atoms with van der Waals surface area (Å²) in [6.45, 7) is 1.74. The number of nitrogens with zero attached hydrogens (tertiary/aromatic N) is 1. The summed E-state index contributed by atoms with van der Waals surface area (Å²) < 4.78 is 0. The Kier molecular flexibility index (Phi) is 3.09. The molecule has 0 bridgehead atoms. The largest absolute Gasteiger partial charge is 0.502 e. The molecule has 1 N–H and O–H groups in total. The van der Waals surface area contributed by atoms with Crippen LogP contribution >= 0.6 is 11.6 Å². The maximum atomic E-state index is 10.5. The Balaban J connectivity index is 3.39. The van der Waals surface area contributed by atoms with Crippen LogP contribution in [0.1, 0.15) is 12.5 Å². The molecular weight excluding hydrogens is 206 g/mol. The van der Waals surface area contributed by atoms with Gasteiger partial charge in [-0.2, -0.15) is 0 Å². The first-order valence-electron chi connectivity index (χ1n) is 3.86. The minimum Gasteiger partial charge on any atom is -0.502 e. The second-order valence-electron chi connectivity index (χ2n) is 2.62. The lowest BCUT2D eigenvalue weighted by atomic mass is 10.1. The number of halogens is 1. The van der Waals surface area contributed by atoms with E-state index in [4.69, 9.17) is 11.6 Å². The summed E-state index contributed by atoms with van der Waals surface area (Å²) in [4.78, 5) is 9.82. The van der Waals surface area contributed by atoms with E-state index in [1.54, 1.807) is 19.1 Å². The van der Waals surface area contributed by atoms with Gasteiger partial charge in [0.2, 0.25) is 5.75 Å². The number of allylic oxidation sites excluding steroid dienone is 1. The van der Waals surface area contributed by atoms with Crippen LogP contribution in [0.15, 0.2) is 18.2 Å². The molecule has 0 heterocycles. The standard InChI is InChI=1S/C9H8ClNO3/c1-2-3-6-4-7(10)5-8(9(6)12)11(13)14/h2-5,12H,1H3. The molecule has 0 atom stereocenters. The number of hydrogen-bond donors (Lipinski definition) is 1. The molecule has 0 fully saturated rings. The van der Waals surface area contributed by atoms with Gasteiger partial charge in [-0.15, -0.1) is 0 Å². The van der Waals surface area contributed by atoms with Crippen molar-refractivity contribution in [2.45, 2.75) is 6.92 Å². The van der Waals surface area contributed by atoms with Gasteiger partial charge in [-0.3, -0.25) is 10.1 Å². The fourth-order valence-electron chi connectivity index (χ4n) is 1.05. The first-order valence-corrected chi connectivity index (χ1v) is 4.23.